The number of nitrogens with zero attached hydrogens (tertiary/aromatic N) is 1. The molecule has 21 heavy (non-hydrogen) atoms. The number of carboxylic acid groups (broad SMARTS) is 1. The molecule has 0 saturated carbocycles. The van der Waals surface area contributed by atoms with Crippen LogP contribution in [0.3, 0.4) is 0 Å². The third-order valence-corrected chi connectivity index (χ3v) is 2.75. The molecule has 0 aromatic heterocycles. The summed E-state index contributed by atoms with van der Waals surface area (Å²) in [6.07, 6.45) is 0.107. The molecule has 3 N–H and O–H groups in total. The SMILES string of the molecule is CNC(=O)CCN(C)C(=O)Nc1cc(F)ccc1C(=O)O. The van der Waals surface area contributed by atoms with Gasteiger partial charge in [0.05, 0.1) is 11.3 Å². The normalized spacial score (nSPS) is 9.86. The van der Waals surface area contributed by atoms with E-state index in [4.69, 9.17) is 5.11 Å². The molecule has 1 rings (SSSR count). The van der Waals surface area contributed by atoms with Gasteiger partial charge in [-0.3, -0.25) is 4.79 Å². The maximum atomic E-state index is 13.2. The highest BCUT2D eigenvalue weighted by atomic mass is 19.1. The highest BCUT2D eigenvalue weighted by Crippen LogP contribution is 2.17. The molecule has 0 unspecified atom stereocenters. The van der Waals surface area contributed by atoms with Crippen molar-refractivity contribution in [1.29, 1.82) is 0 Å². The van der Waals surface area contributed by atoms with Gasteiger partial charge in [0.15, 0.2) is 0 Å². The van der Waals surface area contributed by atoms with Gasteiger partial charge in [0, 0.05) is 27.1 Å². The number of carbonyl (C=O) groups is 3. The maximum absolute atomic E-state index is 13.2. The molecule has 0 saturated heterocycles. The maximum Gasteiger partial charge on any atom is 0.337 e. The number of anilines is 1. The summed E-state index contributed by atoms with van der Waals surface area (Å²) in [5.74, 6) is -2.17. The minimum Gasteiger partial charge on any atom is -0.478 e. The molecule has 0 heterocycles. The summed E-state index contributed by atoms with van der Waals surface area (Å²) in [6.45, 7) is 0.142. The third kappa shape index (κ3) is 4.75. The van der Waals surface area contributed by atoms with Gasteiger partial charge in [-0.1, -0.05) is 0 Å². The second kappa shape index (κ2) is 7.22. The lowest BCUT2D eigenvalue weighted by Crippen LogP contribution is -2.34. The number of urea groups is 1. The fraction of sp³-hybridized carbons (Fsp3) is 0.308. The van der Waals surface area contributed by atoms with Crippen LogP contribution in [0, 0.1) is 5.82 Å². The topological polar surface area (TPSA) is 98.7 Å². The van der Waals surface area contributed by atoms with Crippen LogP contribution in [0.15, 0.2) is 18.2 Å². The summed E-state index contributed by atoms with van der Waals surface area (Å²) in [7, 11) is 2.92. The van der Waals surface area contributed by atoms with E-state index in [0.717, 1.165) is 18.2 Å². The van der Waals surface area contributed by atoms with Crippen LogP contribution in [-0.4, -0.2) is 48.6 Å². The second-order valence-electron chi connectivity index (χ2n) is 4.27. The number of benzene rings is 1. The lowest BCUT2D eigenvalue weighted by molar-refractivity contribution is -0.120. The van der Waals surface area contributed by atoms with Crippen LogP contribution in [0.4, 0.5) is 14.9 Å². The standard InChI is InChI=1S/C13H16FN3O4/c1-15-11(18)5-6-17(2)13(21)16-10-7-8(14)3-4-9(10)12(19)20/h3-4,7H,5-6H2,1-2H3,(H,15,18)(H,16,21)(H,19,20). The van der Waals surface area contributed by atoms with Gasteiger partial charge in [-0.15, -0.1) is 0 Å². The Morgan fingerprint density at radius 1 is 1.33 bits per heavy atom. The molecule has 7 nitrogen and oxygen atoms in total. The highest BCUT2D eigenvalue weighted by Gasteiger charge is 2.16. The summed E-state index contributed by atoms with van der Waals surface area (Å²) in [5.41, 5.74) is -0.358. The van der Waals surface area contributed by atoms with E-state index < -0.39 is 17.8 Å². The molecule has 0 bridgehead atoms. The molecular weight excluding hydrogens is 281 g/mol. The smallest absolute Gasteiger partial charge is 0.337 e. The monoisotopic (exact) mass is 297 g/mol. The molecule has 8 heteroatoms. The Kier molecular flexibility index (Phi) is 5.65. The Morgan fingerprint density at radius 2 is 2.00 bits per heavy atom. The minimum atomic E-state index is -1.28. The van der Waals surface area contributed by atoms with Crippen LogP contribution in [0.5, 0.6) is 0 Å². The lowest BCUT2D eigenvalue weighted by atomic mass is 10.2. The van der Waals surface area contributed by atoms with Gasteiger partial charge in [-0.2, -0.15) is 0 Å². The van der Waals surface area contributed by atoms with Crippen LogP contribution in [-0.2, 0) is 4.79 Å². The molecule has 0 aliphatic rings. The summed E-state index contributed by atoms with van der Waals surface area (Å²) in [6, 6.07) is 2.35. The molecule has 0 aliphatic heterocycles. The fourth-order valence-corrected chi connectivity index (χ4v) is 1.51. The van der Waals surface area contributed by atoms with Gasteiger partial charge >= 0.3 is 12.0 Å². The molecule has 1 aromatic carbocycles. The fourth-order valence-electron chi connectivity index (χ4n) is 1.51. The van der Waals surface area contributed by atoms with Crippen molar-refractivity contribution in [2.24, 2.45) is 0 Å². The number of carbonyl (C=O) groups excluding carboxylic acids is 2. The Hall–Kier alpha value is -2.64. The van der Waals surface area contributed by atoms with E-state index in [1.54, 1.807) is 0 Å². The molecule has 3 amide bonds. The summed E-state index contributed by atoms with van der Waals surface area (Å²) >= 11 is 0. The van der Waals surface area contributed by atoms with Gasteiger partial charge < -0.3 is 20.6 Å². The van der Waals surface area contributed by atoms with Crippen molar-refractivity contribution in [2.45, 2.75) is 6.42 Å². The molecule has 0 aliphatic carbocycles. The van der Waals surface area contributed by atoms with Crippen molar-refractivity contribution in [2.75, 3.05) is 26.0 Å². The van der Waals surface area contributed by atoms with E-state index in [1.165, 1.54) is 19.0 Å². The van der Waals surface area contributed by atoms with Crippen molar-refractivity contribution in [3.8, 4) is 0 Å². The number of aromatic carboxylic acids is 1. The van der Waals surface area contributed by atoms with Gasteiger partial charge in [0.25, 0.3) is 0 Å². The van der Waals surface area contributed by atoms with Crippen molar-refractivity contribution < 1.29 is 23.9 Å². The largest absolute Gasteiger partial charge is 0.478 e. The van der Waals surface area contributed by atoms with Crippen LogP contribution >= 0.6 is 0 Å². The minimum absolute atomic E-state index is 0.107. The number of halogens is 1. The Labute approximate surface area is 120 Å². The van der Waals surface area contributed by atoms with Crippen LogP contribution in [0.1, 0.15) is 16.8 Å². The second-order valence-corrected chi connectivity index (χ2v) is 4.27. The molecule has 0 radical (unpaired) electrons. The number of amides is 3. The van der Waals surface area contributed by atoms with E-state index in [0.29, 0.717) is 0 Å². The van der Waals surface area contributed by atoms with Crippen molar-refractivity contribution in [3.05, 3.63) is 29.6 Å². The number of hydrogen-bond donors (Lipinski definition) is 3. The molecule has 0 spiro atoms. The Balaban J connectivity index is 2.76. The average Bonchev–Trinajstić information content (AvgIpc) is 2.43. The third-order valence-electron chi connectivity index (χ3n) is 2.75. The zero-order chi connectivity index (χ0) is 16.0. The van der Waals surface area contributed by atoms with E-state index >= 15 is 0 Å². The number of rotatable bonds is 5. The first kappa shape index (κ1) is 16.4. The van der Waals surface area contributed by atoms with E-state index in [9.17, 15) is 18.8 Å². The first-order valence-electron chi connectivity index (χ1n) is 6.10. The molecule has 0 fully saturated rings. The van der Waals surface area contributed by atoms with Crippen molar-refractivity contribution in [3.63, 3.8) is 0 Å². The molecule has 0 atom stereocenters. The molecule has 1 aromatic rings. The van der Waals surface area contributed by atoms with Gasteiger partial charge in [0.2, 0.25) is 5.91 Å². The summed E-state index contributed by atoms with van der Waals surface area (Å²) in [4.78, 5) is 35.2. The zero-order valence-corrected chi connectivity index (χ0v) is 11.6. The predicted octanol–water partition coefficient (Wildman–Crippen LogP) is 1.12. The van der Waals surface area contributed by atoms with E-state index in [2.05, 4.69) is 10.6 Å². The highest BCUT2D eigenvalue weighted by molar-refractivity contribution is 6.00. The predicted molar refractivity (Wildman–Crippen MR) is 73.7 cm³/mol. The summed E-state index contributed by atoms with van der Waals surface area (Å²) < 4.78 is 13.2. The quantitative estimate of drug-likeness (QED) is 0.758. The first-order chi connectivity index (χ1) is 9.85. The number of carboxylic acids is 1. The molecular formula is C13H16FN3O4. The van der Waals surface area contributed by atoms with Gasteiger partial charge in [-0.05, 0) is 18.2 Å². The van der Waals surface area contributed by atoms with Gasteiger partial charge in [-0.25, -0.2) is 14.0 Å². The van der Waals surface area contributed by atoms with E-state index in [-0.39, 0.29) is 30.1 Å². The Morgan fingerprint density at radius 3 is 2.57 bits per heavy atom. The van der Waals surface area contributed by atoms with Crippen LogP contribution in [0.2, 0.25) is 0 Å². The number of hydrogen-bond acceptors (Lipinski definition) is 3. The Bertz CT molecular complexity index is 562. The van der Waals surface area contributed by atoms with Crippen molar-refractivity contribution in [1.82, 2.24) is 10.2 Å². The van der Waals surface area contributed by atoms with Crippen LogP contribution in [0.25, 0.3) is 0 Å². The average molecular weight is 297 g/mol. The number of nitrogens with one attached hydrogen (secondary N) is 2. The van der Waals surface area contributed by atoms with Crippen molar-refractivity contribution >= 4 is 23.6 Å². The zero-order valence-electron chi connectivity index (χ0n) is 11.6. The van der Waals surface area contributed by atoms with E-state index in [1.807, 2.05) is 0 Å². The summed E-state index contributed by atoms with van der Waals surface area (Å²) in [5, 5.41) is 13.7. The first-order valence-corrected chi connectivity index (χ1v) is 6.10. The molecule has 114 valence electrons. The van der Waals surface area contributed by atoms with Gasteiger partial charge in [0.1, 0.15) is 5.82 Å². The van der Waals surface area contributed by atoms with Crippen LogP contribution < -0.4 is 10.6 Å². The lowest BCUT2D eigenvalue weighted by Gasteiger charge is -2.18.